The minimum atomic E-state index is -2.80. The minimum Gasteiger partial charge on any atom is -0.435 e. The molecule has 22 heavy (non-hydrogen) atoms. The van der Waals surface area contributed by atoms with Crippen molar-refractivity contribution in [3.63, 3.8) is 0 Å². The van der Waals surface area contributed by atoms with E-state index in [0.717, 1.165) is 23.3 Å². The first kappa shape index (κ1) is 14.6. The molecule has 0 radical (unpaired) electrons. The summed E-state index contributed by atoms with van der Waals surface area (Å²) in [6.45, 7) is 0.0229. The lowest BCUT2D eigenvalue weighted by Crippen LogP contribution is -2.29. The highest BCUT2D eigenvalue weighted by atomic mass is 19.3. The highest BCUT2D eigenvalue weighted by Gasteiger charge is 2.33. The Kier molecular flexibility index (Phi) is 3.60. The highest BCUT2D eigenvalue weighted by Crippen LogP contribution is 2.34. The molecule has 0 bridgehead atoms. The summed E-state index contributed by atoms with van der Waals surface area (Å²) in [6.07, 6.45) is 1.99. The van der Waals surface area contributed by atoms with E-state index >= 15 is 0 Å². The van der Waals surface area contributed by atoms with Crippen LogP contribution in [0.2, 0.25) is 0 Å². The molecule has 0 fully saturated rings. The summed E-state index contributed by atoms with van der Waals surface area (Å²) in [4.78, 5) is 4.17. The van der Waals surface area contributed by atoms with E-state index in [9.17, 15) is 8.78 Å². The maximum atomic E-state index is 12.2. The average molecular weight is 305 g/mol. The molecule has 2 aromatic rings. The van der Waals surface area contributed by atoms with Gasteiger partial charge in [-0.1, -0.05) is 12.1 Å². The van der Waals surface area contributed by atoms with E-state index in [1.165, 1.54) is 0 Å². The Bertz CT molecular complexity index is 740. The number of anilines is 1. The number of nitrogens with one attached hydrogen (secondary N) is 1. The van der Waals surface area contributed by atoms with Crippen molar-refractivity contribution in [2.24, 2.45) is 4.99 Å². The minimum absolute atomic E-state index is 0.164. The van der Waals surface area contributed by atoms with Crippen LogP contribution in [0.25, 0.3) is 0 Å². The molecule has 4 nitrogen and oxygen atoms in total. The number of halogens is 2. The van der Waals surface area contributed by atoms with Crippen LogP contribution in [0, 0.1) is 0 Å². The van der Waals surface area contributed by atoms with Gasteiger partial charge in [-0.2, -0.15) is 8.78 Å². The molecule has 3 rings (SSSR count). The molecule has 1 aliphatic heterocycles. The van der Waals surface area contributed by atoms with E-state index < -0.39 is 6.61 Å². The molecule has 0 spiro atoms. The molecule has 0 saturated carbocycles. The molecule has 0 saturated heterocycles. The lowest BCUT2D eigenvalue weighted by atomic mass is 9.93. The SMILES string of the molecule is CN=c1ccn2c(c1)NC(C)(c1ccc(OC(F)F)cc1)C2. The first-order chi connectivity index (χ1) is 10.5. The molecule has 1 N–H and O–H groups in total. The molecule has 6 heteroatoms. The maximum absolute atomic E-state index is 12.2. The Hall–Kier alpha value is -2.37. The number of aromatic nitrogens is 1. The molecule has 0 amide bonds. The summed E-state index contributed by atoms with van der Waals surface area (Å²) in [5.74, 6) is 1.15. The molecule has 116 valence electrons. The Morgan fingerprint density at radius 3 is 2.64 bits per heavy atom. The summed E-state index contributed by atoms with van der Waals surface area (Å²) in [7, 11) is 1.75. The summed E-state index contributed by atoms with van der Waals surface area (Å²) in [6, 6.07) is 10.7. The molecule has 1 aromatic carbocycles. The summed E-state index contributed by atoms with van der Waals surface area (Å²) < 4.78 is 30.9. The maximum Gasteiger partial charge on any atom is 0.387 e. The van der Waals surface area contributed by atoms with Gasteiger partial charge >= 0.3 is 6.61 Å². The monoisotopic (exact) mass is 305 g/mol. The lowest BCUT2D eigenvalue weighted by molar-refractivity contribution is -0.0498. The van der Waals surface area contributed by atoms with Gasteiger partial charge in [-0.3, -0.25) is 4.99 Å². The second-order valence-electron chi connectivity index (χ2n) is 5.48. The number of hydrogen-bond donors (Lipinski definition) is 1. The van der Waals surface area contributed by atoms with Crippen molar-refractivity contribution in [3.8, 4) is 5.75 Å². The van der Waals surface area contributed by atoms with E-state index in [4.69, 9.17) is 0 Å². The quantitative estimate of drug-likeness (QED) is 0.947. The van der Waals surface area contributed by atoms with Gasteiger partial charge in [0, 0.05) is 19.3 Å². The van der Waals surface area contributed by atoms with Crippen LogP contribution < -0.4 is 15.4 Å². The van der Waals surface area contributed by atoms with Gasteiger partial charge in [-0.05, 0) is 30.7 Å². The van der Waals surface area contributed by atoms with E-state index in [2.05, 4.69) is 26.5 Å². The second kappa shape index (κ2) is 5.44. The van der Waals surface area contributed by atoms with Crippen molar-refractivity contribution in [2.45, 2.75) is 25.6 Å². The fourth-order valence-corrected chi connectivity index (χ4v) is 2.73. The van der Waals surface area contributed by atoms with Crippen LogP contribution in [-0.2, 0) is 12.1 Å². The van der Waals surface area contributed by atoms with Gasteiger partial charge in [0.05, 0.1) is 17.4 Å². The number of hydrogen-bond acceptors (Lipinski definition) is 3. The van der Waals surface area contributed by atoms with Gasteiger partial charge in [0.25, 0.3) is 0 Å². The largest absolute Gasteiger partial charge is 0.435 e. The molecule has 1 aromatic heterocycles. The Balaban J connectivity index is 1.86. The Morgan fingerprint density at radius 2 is 2.00 bits per heavy atom. The first-order valence-electron chi connectivity index (χ1n) is 6.97. The zero-order chi connectivity index (χ0) is 15.7. The van der Waals surface area contributed by atoms with E-state index in [0.29, 0.717) is 0 Å². The first-order valence-corrected chi connectivity index (χ1v) is 6.97. The number of alkyl halides is 2. The number of benzene rings is 1. The molecule has 1 unspecified atom stereocenters. The number of fused-ring (bicyclic) bond motifs is 1. The van der Waals surface area contributed by atoms with Gasteiger partial charge in [0.1, 0.15) is 11.6 Å². The fourth-order valence-electron chi connectivity index (χ4n) is 2.73. The zero-order valence-electron chi connectivity index (χ0n) is 12.4. The summed E-state index contributed by atoms with van der Waals surface area (Å²) >= 11 is 0. The predicted molar refractivity (Wildman–Crippen MR) is 80.0 cm³/mol. The molecular weight excluding hydrogens is 288 g/mol. The van der Waals surface area contributed by atoms with Crippen molar-refractivity contribution in [1.82, 2.24) is 4.57 Å². The Morgan fingerprint density at radius 1 is 1.27 bits per heavy atom. The van der Waals surface area contributed by atoms with Gasteiger partial charge < -0.3 is 14.6 Å². The van der Waals surface area contributed by atoms with E-state index in [1.54, 1.807) is 19.2 Å². The molecule has 1 aliphatic rings. The van der Waals surface area contributed by atoms with Gasteiger partial charge in [0.2, 0.25) is 0 Å². The van der Waals surface area contributed by atoms with Gasteiger partial charge in [-0.15, -0.1) is 0 Å². The molecule has 0 aliphatic carbocycles. The predicted octanol–water partition coefficient (Wildman–Crippen LogP) is 2.96. The number of nitrogens with zero attached hydrogens (tertiary/aromatic N) is 2. The molecule has 2 heterocycles. The van der Waals surface area contributed by atoms with Crippen LogP contribution >= 0.6 is 0 Å². The fraction of sp³-hybridized carbons (Fsp3) is 0.312. The molecule has 1 atom stereocenters. The van der Waals surface area contributed by atoms with Crippen LogP contribution in [0.4, 0.5) is 14.6 Å². The summed E-state index contributed by atoms with van der Waals surface area (Å²) in [5.41, 5.74) is 0.704. The number of rotatable bonds is 3. The van der Waals surface area contributed by atoms with Crippen LogP contribution in [-0.4, -0.2) is 18.2 Å². The number of ether oxygens (including phenoxy) is 1. The van der Waals surface area contributed by atoms with Crippen molar-refractivity contribution in [3.05, 3.63) is 53.5 Å². The summed E-state index contributed by atoms with van der Waals surface area (Å²) in [5, 5.41) is 4.38. The van der Waals surface area contributed by atoms with Crippen LogP contribution in [0.5, 0.6) is 5.75 Å². The smallest absolute Gasteiger partial charge is 0.387 e. The normalized spacial score (nSPS) is 20.9. The second-order valence-corrected chi connectivity index (χ2v) is 5.48. The molecular formula is C16H17F2N3O. The average Bonchev–Trinajstić information content (AvgIpc) is 2.83. The third-order valence-corrected chi connectivity index (χ3v) is 3.88. The third kappa shape index (κ3) is 2.68. The third-order valence-electron chi connectivity index (χ3n) is 3.88. The van der Waals surface area contributed by atoms with Gasteiger partial charge in [0.15, 0.2) is 0 Å². The van der Waals surface area contributed by atoms with Crippen molar-refractivity contribution < 1.29 is 13.5 Å². The topological polar surface area (TPSA) is 38.5 Å². The van der Waals surface area contributed by atoms with Crippen LogP contribution in [0.15, 0.2) is 47.6 Å². The lowest BCUT2D eigenvalue weighted by Gasteiger charge is -2.25. The zero-order valence-corrected chi connectivity index (χ0v) is 12.4. The van der Waals surface area contributed by atoms with Gasteiger partial charge in [-0.25, -0.2) is 0 Å². The standard InChI is InChI=1S/C16H17F2N3O/c1-16(11-3-5-13(6-4-11)22-15(17)18)10-21-8-7-12(19-2)9-14(21)20-16/h3-9,15,20H,10H2,1-2H3. The number of pyridine rings is 1. The van der Waals surface area contributed by atoms with Crippen molar-refractivity contribution >= 4 is 5.82 Å². The highest BCUT2D eigenvalue weighted by molar-refractivity contribution is 5.47. The van der Waals surface area contributed by atoms with Crippen LogP contribution in [0.1, 0.15) is 12.5 Å². The van der Waals surface area contributed by atoms with Crippen LogP contribution in [0.3, 0.4) is 0 Å². The van der Waals surface area contributed by atoms with E-state index in [-0.39, 0.29) is 11.3 Å². The van der Waals surface area contributed by atoms with Crippen molar-refractivity contribution in [1.29, 1.82) is 0 Å². The van der Waals surface area contributed by atoms with E-state index in [1.807, 2.05) is 30.5 Å². The van der Waals surface area contributed by atoms with Crippen molar-refractivity contribution in [2.75, 3.05) is 12.4 Å². The Labute approximate surface area is 127 Å².